The van der Waals surface area contributed by atoms with Crippen molar-refractivity contribution in [3.63, 3.8) is 0 Å². The molecule has 0 N–H and O–H groups in total. The summed E-state index contributed by atoms with van der Waals surface area (Å²) >= 11 is 0. The van der Waals surface area contributed by atoms with Crippen LogP contribution in [0.5, 0.6) is 11.5 Å². The highest BCUT2D eigenvalue weighted by Crippen LogP contribution is 2.34. The molecule has 0 bridgehead atoms. The van der Waals surface area contributed by atoms with Crippen LogP contribution >= 0.6 is 0 Å². The molecule has 0 saturated heterocycles. The molecular formula is C35H35N3O5. The normalized spacial score (nSPS) is 12.3. The number of aromatic nitrogens is 2. The zero-order valence-corrected chi connectivity index (χ0v) is 25.3. The molecule has 0 radical (unpaired) electrons. The number of hydrogen-bond acceptors (Lipinski definition) is 7. The van der Waals surface area contributed by atoms with E-state index < -0.39 is 12.1 Å². The molecule has 0 spiro atoms. The molecule has 8 heteroatoms. The molecule has 4 aromatic carbocycles. The molecule has 220 valence electrons. The third-order valence-electron chi connectivity index (χ3n) is 7.35. The second kappa shape index (κ2) is 12.5. The number of fused-ring (bicyclic) bond motifs is 2. The van der Waals surface area contributed by atoms with Crippen LogP contribution in [0, 0.1) is 6.92 Å². The van der Waals surface area contributed by atoms with Crippen LogP contribution in [-0.4, -0.2) is 41.7 Å². The van der Waals surface area contributed by atoms with Gasteiger partial charge in [0, 0.05) is 11.1 Å². The molecule has 0 aliphatic rings. The summed E-state index contributed by atoms with van der Waals surface area (Å²) < 4.78 is 18.2. The van der Waals surface area contributed by atoms with Crippen LogP contribution in [0.3, 0.4) is 0 Å². The molecule has 1 aromatic heterocycles. The van der Waals surface area contributed by atoms with Gasteiger partial charge in [-0.25, -0.2) is 9.78 Å². The maximum Gasteiger partial charge on any atom is 0.347 e. The third kappa shape index (κ3) is 5.86. The molecule has 0 fully saturated rings. The predicted octanol–water partition coefficient (Wildman–Crippen LogP) is 6.87. The van der Waals surface area contributed by atoms with Crippen molar-refractivity contribution in [2.24, 2.45) is 5.10 Å². The second-order valence-corrected chi connectivity index (χ2v) is 10.6. The summed E-state index contributed by atoms with van der Waals surface area (Å²) in [5.74, 6) is 1.34. The van der Waals surface area contributed by atoms with Gasteiger partial charge in [0.1, 0.15) is 11.5 Å². The number of benzene rings is 4. The van der Waals surface area contributed by atoms with E-state index in [-0.39, 0.29) is 18.1 Å². The maximum atomic E-state index is 14.0. The van der Waals surface area contributed by atoms with Gasteiger partial charge in [-0.15, -0.1) is 0 Å². The van der Waals surface area contributed by atoms with Crippen LogP contribution in [-0.2, 0) is 9.53 Å². The summed E-state index contributed by atoms with van der Waals surface area (Å²) in [4.78, 5) is 31.3. The van der Waals surface area contributed by atoms with Gasteiger partial charge in [-0.3, -0.25) is 4.79 Å². The number of nitrogens with zero attached hydrogens (tertiary/aromatic N) is 3. The van der Waals surface area contributed by atoms with Crippen molar-refractivity contribution in [1.29, 1.82) is 0 Å². The Kier molecular flexibility index (Phi) is 8.57. The highest BCUT2D eigenvalue weighted by molar-refractivity contribution is 6.02. The van der Waals surface area contributed by atoms with Crippen molar-refractivity contribution < 1.29 is 19.0 Å². The summed E-state index contributed by atoms with van der Waals surface area (Å²) in [6.45, 7) is 9.79. The minimum atomic E-state index is -0.842. The summed E-state index contributed by atoms with van der Waals surface area (Å²) in [6, 6.07) is 22.7. The third-order valence-corrected chi connectivity index (χ3v) is 7.35. The fourth-order valence-electron chi connectivity index (χ4n) is 5.10. The Morgan fingerprint density at radius 2 is 1.70 bits per heavy atom. The van der Waals surface area contributed by atoms with Gasteiger partial charge < -0.3 is 14.2 Å². The lowest BCUT2D eigenvalue weighted by Crippen LogP contribution is -2.26. The zero-order valence-electron chi connectivity index (χ0n) is 25.3. The number of aryl methyl sites for hydroxylation is 1. The lowest BCUT2D eigenvalue weighted by Gasteiger charge is -2.18. The molecule has 43 heavy (non-hydrogen) atoms. The van der Waals surface area contributed by atoms with Crippen LogP contribution in [0.2, 0.25) is 0 Å². The van der Waals surface area contributed by atoms with Crippen molar-refractivity contribution in [3.8, 4) is 22.9 Å². The minimum absolute atomic E-state index is 0.176. The van der Waals surface area contributed by atoms with Crippen LogP contribution in [0.4, 0.5) is 0 Å². The molecule has 0 amide bonds. The average Bonchev–Trinajstić information content (AvgIpc) is 3.00. The minimum Gasteiger partial charge on any atom is -0.496 e. The van der Waals surface area contributed by atoms with Crippen LogP contribution in [0.15, 0.2) is 82.7 Å². The van der Waals surface area contributed by atoms with E-state index in [1.165, 1.54) is 4.68 Å². The first-order valence-corrected chi connectivity index (χ1v) is 14.3. The smallest absolute Gasteiger partial charge is 0.347 e. The molecule has 8 nitrogen and oxygen atoms in total. The van der Waals surface area contributed by atoms with Gasteiger partial charge >= 0.3 is 5.97 Å². The molecule has 1 heterocycles. The fourth-order valence-corrected chi connectivity index (χ4v) is 5.10. The van der Waals surface area contributed by atoms with Crippen LogP contribution < -0.4 is 15.0 Å². The number of rotatable bonds is 9. The van der Waals surface area contributed by atoms with Crippen molar-refractivity contribution >= 4 is 33.9 Å². The standard InChI is InChI=1S/C35H35N3O5/c1-7-42-35(40)23(5)43-31-17-16-24-12-8-9-13-25(24)29(31)20-36-38-33(37-30-15-11-10-14-26(30)34(38)39)28-19-27(21(2)3)32(41-6)18-22(28)4/h8-21,23H,7H2,1-6H3/t23-/m0/s1. The lowest BCUT2D eigenvalue weighted by atomic mass is 9.96. The monoisotopic (exact) mass is 577 g/mol. The van der Waals surface area contributed by atoms with Crippen LogP contribution in [0.1, 0.15) is 50.3 Å². The quantitative estimate of drug-likeness (QED) is 0.140. The van der Waals surface area contributed by atoms with E-state index in [1.807, 2.05) is 67.6 Å². The number of esters is 1. The first-order valence-electron chi connectivity index (χ1n) is 14.3. The summed E-state index contributed by atoms with van der Waals surface area (Å²) in [5.41, 5.74) is 3.56. The van der Waals surface area contributed by atoms with Gasteiger partial charge in [-0.05, 0) is 78.9 Å². The molecule has 5 aromatic rings. The lowest BCUT2D eigenvalue weighted by molar-refractivity contribution is -0.150. The number of hydrogen-bond donors (Lipinski definition) is 0. The Labute approximate surface area is 250 Å². The Balaban J connectivity index is 1.74. The summed E-state index contributed by atoms with van der Waals surface area (Å²) in [5, 5.41) is 7.01. The Morgan fingerprint density at radius 1 is 0.977 bits per heavy atom. The van der Waals surface area contributed by atoms with Crippen molar-refractivity contribution in [2.75, 3.05) is 13.7 Å². The van der Waals surface area contributed by atoms with Gasteiger partial charge in [-0.1, -0.05) is 56.3 Å². The predicted molar refractivity (Wildman–Crippen MR) is 170 cm³/mol. The van der Waals surface area contributed by atoms with Gasteiger partial charge in [0.2, 0.25) is 0 Å². The van der Waals surface area contributed by atoms with Gasteiger partial charge in [0.05, 0.1) is 30.8 Å². The highest BCUT2D eigenvalue weighted by Gasteiger charge is 2.20. The highest BCUT2D eigenvalue weighted by atomic mass is 16.6. The van der Waals surface area contributed by atoms with Gasteiger partial charge in [-0.2, -0.15) is 9.78 Å². The van der Waals surface area contributed by atoms with E-state index in [9.17, 15) is 9.59 Å². The first kappa shape index (κ1) is 29.5. The van der Waals surface area contributed by atoms with Gasteiger partial charge in [0.15, 0.2) is 11.9 Å². The van der Waals surface area contributed by atoms with Crippen LogP contribution in [0.25, 0.3) is 33.1 Å². The molecule has 0 aliphatic heterocycles. The molecule has 5 rings (SSSR count). The van der Waals surface area contributed by atoms with Crippen molar-refractivity contribution in [2.45, 2.75) is 46.6 Å². The van der Waals surface area contributed by atoms with Crippen molar-refractivity contribution in [3.05, 3.63) is 99.8 Å². The van der Waals surface area contributed by atoms with E-state index in [1.54, 1.807) is 39.3 Å². The summed E-state index contributed by atoms with van der Waals surface area (Å²) in [6.07, 6.45) is 0.754. The van der Waals surface area contributed by atoms with E-state index in [4.69, 9.17) is 24.3 Å². The maximum absolute atomic E-state index is 14.0. The number of carbonyl (C=O) groups is 1. The first-order chi connectivity index (χ1) is 20.7. The molecule has 0 aliphatic carbocycles. The SMILES string of the molecule is CCOC(=O)[C@H](C)Oc1ccc2ccccc2c1C=Nn1c(-c2cc(C(C)C)c(OC)cc2C)nc2ccccc2c1=O. The molecule has 0 saturated carbocycles. The largest absolute Gasteiger partial charge is 0.496 e. The van der Waals surface area contributed by atoms with E-state index >= 15 is 0 Å². The Morgan fingerprint density at radius 3 is 2.42 bits per heavy atom. The zero-order chi connectivity index (χ0) is 30.7. The Hall–Kier alpha value is -4.98. The molecule has 1 atom stereocenters. The number of methoxy groups -OCH3 is 1. The molecule has 0 unspecified atom stereocenters. The second-order valence-electron chi connectivity index (χ2n) is 10.6. The Bertz CT molecular complexity index is 1910. The number of ether oxygens (including phenoxy) is 3. The summed E-state index contributed by atoms with van der Waals surface area (Å²) in [7, 11) is 1.65. The number of carbonyl (C=O) groups excluding carboxylic acids is 1. The topological polar surface area (TPSA) is 92.0 Å². The van der Waals surface area contributed by atoms with E-state index in [0.29, 0.717) is 28.0 Å². The van der Waals surface area contributed by atoms with Crippen molar-refractivity contribution in [1.82, 2.24) is 9.66 Å². The van der Waals surface area contributed by atoms with Gasteiger partial charge in [0.25, 0.3) is 5.56 Å². The fraction of sp³-hybridized carbons (Fsp3) is 0.257. The number of para-hydroxylation sites is 1. The molecular weight excluding hydrogens is 542 g/mol. The van der Waals surface area contributed by atoms with E-state index in [0.717, 1.165) is 33.2 Å². The average molecular weight is 578 g/mol. The van der Waals surface area contributed by atoms with E-state index in [2.05, 4.69) is 13.8 Å².